The third-order valence-electron chi connectivity index (χ3n) is 4.79. The molecule has 0 bridgehead atoms. The first-order valence-electron chi connectivity index (χ1n) is 9.17. The minimum absolute atomic E-state index is 0.384. The summed E-state index contributed by atoms with van der Waals surface area (Å²) in [5.74, 6) is -0.814. The van der Waals surface area contributed by atoms with Crippen molar-refractivity contribution < 1.29 is 14.3 Å². The Morgan fingerprint density at radius 1 is 1.19 bits per heavy atom. The van der Waals surface area contributed by atoms with E-state index in [2.05, 4.69) is 16.4 Å². The van der Waals surface area contributed by atoms with E-state index in [1.807, 2.05) is 33.2 Å². The first kappa shape index (κ1) is 20.7. The molecule has 6 heteroatoms. The van der Waals surface area contributed by atoms with Crippen molar-refractivity contribution in [2.75, 3.05) is 27.7 Å². The van der Waals surface area contributed by atoms with E-state index < -0.39 is 5.91 Å². The molecule has 0 aliphatic rings. The van der Waals surface area contributed by atoms with E-state index in [0.29, 0.717) is 11.1 Å². The van der Waals surface area contributed by atoms with E-state index in [-0.39, 0.29) is 5.97 Å². The van der Waals surface area contributed by atoms with Gasteiger partial charge in [-0.15, -0.1) is 0 Å². The van der Waals surface area contributed by atoms with Gasteiger partial charge < -0.3 is 19.9 Å². The lowest BCUT2D eigenvalue weighted by Gasteiger charge is -2.14. The highest BCUT2D eigenvalue weighted by Crippen LogP contribution is 2.33. The van der Waals surface area contributed by atoms with Crippen LogP contribution in [0.2, 0.25) is 0 Å². The van der Waals surface area contributed by atoms with Gasteiger partial charge in [0.25, 0.3) is 5.91 Å². The van der Waals surface area contributed by atoms with Gasteiger partial charge in [0.15, 0.2) is 0 Å². The van der Waals surface area contributed by atoms with Gasteiger partial charge in [0, 0.05) is 23.5 Å². The van der Waals surface area contributed by atoms with Crippen LogP contribution in [0.3, 0.4) is 0 Å². The molecule has 1 heterocycles. The number of benzene rings is 1. The van der Waals surface area contributed by atoms with E-state index in [1.165, 1.54) is 7.11 Å². The van der Waals surface area contributed by atoms with Gasteiger partial charge >= 0.3 is 5.97 Å². The third-order valence-corrected chi connectivity index (χ3v) is 4.79. The molecule has 0 spiro atoms. The number of nitrogens with zero attached hydrogens (tertiary/aromatic N) is 2. The monoisotopic (exact) mass is 371 g/mol. The summed E-state index contributed by atoms with van der Waals surface area (Å²) in [6, 6.07) is 7.11. The number of esters is 1. The molecule has 2 N–H and O–H groups in total. The molecule has 1 aromatic carbocycles. The Morgan fingerprint density at radius 3 is 2.30 bits per heavy atom. The predicted molar refractivity (Wildman–Crippen MR) is 107 cm³/mol. The molecule has 0 unspecified atom stereocenters. The molecule has 0 saturated carbocycles. The van der Waals surface area contributed by atoms with E-state index in [0.717, 1.165) is 48.4 Å². The van der Waals surface area contributed by atoms with E-state index >= 15 is 0 Å². The lowest BCUT2D eigenvalue weighted by atomic mass is 9.98. The fourth-order valence-corrected chi connectivity index (χ4v) is 3.52. The highest BCUT2D eigenvalue weighted by molar-refractivity contribution is 6.02. The summed E-state index contributed by atoms with van der Waals surface area (Å²) in [6.07, 6.45) is 1.76. The molecule has 0 atom stereocenters. The first-order valence-corrected chi connectivity index (χ1v) is 9.17. The zero-order valence-corrected chi connectivity index (χ0v) is 16.8. The van der Waals surface area contributed by atoms with Crippen molar-refractivity contribution in [3.05, 3.63) is 46.8 Å². The van der Waals surface area contributed by atoms with Crippen LogP contribution in [0.1, 0.15) is 45.4 Å². The standard InChI is InChI=1S/C21H29N3O3/c1-6-17-19(15-8-10-16(11-9-15)21(26)27-5)18(20(22)25)14(2)24(17)13-7-12-23(3)4/h8-11H,6-7,12-13H2,1-5H3,(H2,22,25). The SMILES string of the molecule is CCc1c(-c2ccc(C(=O)OC)cc2)c(C(N)=O)c(C)n1CCCN(C)C. The van der Waals surface area contributed by atoms with Crippen LogP contribution < -0.4 is 5.73 Å². The van der Waals surface area contributed by atoms with Crippen LogP contribution in [0.4, 0.5) is 0 Å². The number of primary amides is 1. The fraction of sp³-hybridized carbons (Fsp3) is 0.429. The second-order valence-corrected chi connectivity index (χ2v) is 6.88. The molecule has 0 saturated heterocycles. The number of carbonyl (C=O) groups excluding carboxylic acids is 2. The highest BCUT2D eigenvalue weighted by Gasteiger charge is 2.24. The number of carbonyl (C=O) groups is 2. The number of hydrogen-bond acceptors (Lipinski definition) is 4. The number of ether oxygens (including phenoxy) is 1. The lowest BCUT2D eigenvalue weighted by Crippen LogP contribution is -2.17. The van der Waals surface area contributed by atoms with Gasteiger partial charge in [-0.25, -0.2) is 4.79 Å². The molecule has 0 fully saturated rings. The molecular formula is C21H29N3O3. The van der Waals surface area contributed by atoms with Gasteiger partial charge in [-0.3, -0.25) is 4.79 Å². The normalized spacial score (nSPS) is 11.0. The zero-order chi connectivity index (χ0) is 20.1. The Labute approximate surface area is 160 Å². The van der Waals surface area contributed by atoms with Crippen LogP contribution in [0.25, 0.3) is 11.1 Å². The zero-order valence-electron chi connectivity index (χ0n) is 16.8. The number of hydrogen-bond donors (Lipinski definition) is 1. The van der Waals surface area contributed by atoms with Crippen LogP contribution in [0, 0.1) is 6.92 Å². The molecule has 2 aromatic rings. The van der Waals surface area contributed by atoms with Gasteiger partial charge in [-0.05, 0) is 58.1 Å². The molecule has 1 amide bonds. The Bertz CT molecular complexity index is 820. The lowest BCUT2D eigenvalue weighted by molar-refractivity contribution is 0.0600. The summed E-state index contributed by atoms with van der Waals surface area (Å²) in [7, 11) is 5.45. The number of nitrogens with two attached hydrogens (primary N) is 1. The first-order chi connectivity index (χ1) is 12.8. The van der Waals surface area contributed by atoms with Crippen molar-refractivity contribution in [3.8, 4) is 11.1 Å². The minimum Gasteiger partial charge on any atom is -0.465 e. The minimum atomic E-state index is -0.430. The van der Waals surface area contributed by atoms with Crippen LogP contribution in [-0.2, 0) is 17.7 Å². The quantitative estimate of drug-likeness (QED) is 0.724. The maximum absolute atomic E-state index is 12.2. The number of amides is 1. The average Bonchev–Trinajstić information content (AvgIpc) is 2.93. The highest BCUT2D eigenvalue weighted by atomic mass is 16.5. The van der Waals surface area contributed by atoms with Crippen molar-refractivity contribution in [2.45, 2.75) is 33.2 Å². The van der Waals surface area contributed by atoms with Crippen LogP contribution in [0.15, 0.2) is 24.3 Å². The summed E-state index contributed by atoms with van der Waals surface area (Å²) in [4.78, 5) is 26.1. The number of methoxy groups -OCH3 is 1. The molecule has 0 aliphatic carbocycles. The summed E-state index contributed by atoms with van der Waals surface area (Å²) >= 11 is 0. The number of rotatable bonds is 8. The van der Waals surface area contributed by atoms with E-state index in [9.17, 15) is 9.59 Å². The van der Waals surface area contributed by atoms with Crippen molar-refractivity contribution in [1.82, 2.24) is 9.47 Å². The molecule has 1 aromatic heterocycles. The van der Waals surface area contributed by atoms with Crippen LogP contribution >= 0.6 is 0 Å². The van der Waals surface area contributed by atoms with Gasteiger partial charge in [0.1, 0.15) is 0 Å². The molecule has 0 radical (unpaired) electrons. The topological polar surface area (TPSA) is 77.6 Å². The summed E-state index contributed by atoms with van der Waals surface area (Å²) in [5.41, 5.74) is 10.5. The molecule has 27 heavy (non-hydrogen) atoms. The van der Waals surface area contributed by atoms with Crippen molar-refractivity contribution >= 4 is 11.9 Å². The largest absolute Gasteiger partial charge is 0.465 e. The Kier molecular flexibility index (Phi) is 6.80. The smallest absolute Gasteiger partial charge is 0.337 e. The second-order valence-electron chi connectivity index (χ2n) is 6.88. The van der Waals surface area contributed by atoms with E-state index in [4.69, 9.17) is 10.5 Å². The Balaban J connectivity index is 2.53. The maximum atomic E-state index is 12.2. The summed E-state index contributed by atoms with van der Waals surface area (Å²) < 4.78 is 6.96. The van der Waals surface area contributed by atoms with Gasteiger partial charge in [0.05, 0.1) is 18.2 Å². The van der Waals surface area contributed by atoms with Gasteiger partial charge in [-0.1, -0.05) is 19.1 Å². The molecule has 6 nitrogen and oxygen atoms in total. The molecule has 146 valence electrons. The Hall–Kier alpha value is -2.60. The maximum Gasteiger partial charge on any atom is 0.337 e. The third kappa shape index (κ3) is 4.39. The van der Waals surface area contributed by atoms with Crippen LogP contribution in [0.5, 0.6) is 0 Å². The Morgan fingerprint density at radius 2 is 1.81 bits per heavy atom. The van der Waals surface area contributed by atoms with Crippen molar-refractivity contribution in [2.24, 2.45) is 5.73 Å². The van der Waals surface area contributed by atoms with E-state index in [1.54, 1.807) is 12.1 Å². The summed E-state index contributed by atoms with van der Waals surface area (Å²) in [6.45, 7) is 5.82. The van der Waals surface area contributed by atoms with Crippen molar-refractivity contribution in [1.29, 1.82) is 0 Å². The van der Waals surface area contributed by atoms with Gasteiger partial charge in [-0.2, -0.15) is 0 Å². The van der Waals surface area contributed by atoms with Crippen molar-refractivity contribution in [3.63, 3.8) is 0 Å². The average molecular weight is 371 g/mol. The van der Waals surface area contributed by atoms with Crippen LogP contribution in [-0.4, -0.2) is 49.1 Å². The van der Waals surface area contributed by atoms with Gasteiger partial charge in [0.2, 0.25) is 0 Å². The predicted octanol–water partition coefficient (Wildman–Crippen LogP) is 2.86. The second kappa shape index (κ2) is 8.86. The number of aromatic nitrogens is 1. The molecule has 0 aliphatic heterocycles. The molecular weight excluding hydrogens is 342 g/mol. The summed E-state index contributed by atoms with van der Waals surface area (Å²) in [5, 5.41) is 0. The fourth-order valence-electron chi connectivity index (χ4n) is 3.52. The molecule has 2 rings (SSSR count).